The highest BCUT2D eigenvalue weighted by molar-refractivity contribution is 6.02. The molecule has 0 aliphatic carbocycles. The number of aromatic nitrogens is 1. The van der Waals surface area contributed by atoms with Crippen LogP contribution in [0.25, 0.3) is 0 Å². The fraction of sp³-hybridized carbons (Fsp3) is 0.250. The lowest BCUT2D eigenvalue weighted by Gasteiger charge is -2.30. The Bertz CT molecular complexity index is 1410. The van der Waals surface area contributed by atoms with E-state index in [2.05, 4.69) is 22.1 Å². The van der Waals surface area contributed by atoms with E-state index in [1.807, 2.05) is 18.2 Å². The first-order valence-corrected chi connectivity index (χ1v) is 11.7. The van der Waals surface area contributed by atoms with E-state index in [-0.39, 0.29) is 30.6 Å². The number of carbonyl (C=O) groups is 2. The van der Waals surface area contributed by atoms with Crippen molar-refractivity contribution in [3.05, 3.63) is 83.4 Å². The van der Waals surface area contributed by atoms with Crippen molar-refractivity contribution in [2.75, 3.05) is 25.2 Å². The Kier molecular flexibility index (Phi) is 6.61. The minimum absolute atomic E-state index is 0.0901. The molecule has 0 radical (unpaired) electrons. The van der Waals surface area contributed by atoms with Crippen molar-refractivity contribution < 1.29 is 28.6 Å². The number of anilines is 1. The van der Waals surface area contributed by atoms with Gasteiger partial charge >= 0.3 is 0 Å². The average molecular weight is 502 g/mol. The minimum Gasteiger partial charge on any atom is -0.457 e. The molecule has 9 heteroatoms. The van der Waals surface area contributed by atoms with Crippen molar-refractivity contribution in [2.24, 2.45) is 0 Å². The second-order valence-electron chi connectivity index (χ2n) is 9.01. The summed E-state index contributed by atoms with van der Waals surface area (Å²) < 4.78 is 23.8. The van der Waals surface area contributed by atoms with Gasteiger partial charge in [0.1, 0.15) is 29.1 Å². The largest absolute Gasteiger partial charge is 0.457 e. The van der Waals surface area contributed by atoms with Crippen LogP contribution in [0.3, 0.4) is 0 Å². The standard InChI is InChI=1S/C28H24FN3O5/c1-32-25-14-18(10-12-28(35)16-36-17-28)2-3-19(25)4-9-23(27(32)34)31-26(33)24-15-22(11-13-30-24)37-21-7-5-20(29)6-8-21/h2-3,5-8,11,13-15,23,35H,4,9,16-17H2,1H3,(H,31,33). The third kappa shape index (κ3) is 5.45. The molecule has 1 fully saturated rings. The molecule has 1 aromatic heterocycles. The Balaban J connectivity index is 1.28. The fourth-order valence-electron chi connectivity index (χ4n) is 4.10. The van der Waals surface area contributed by atoms with E-state index in [4.69, 9.17) is 9.47 Å². The maximum absolute atomic E-state index is 13.2. The van der Waals surface area contributed by atoms with Crippen LogP contribution in [0.1, 0.15) is 28.0 Å². The maximum atomic E-state index is 13.2. The quantitative estimate of drug-likeness (QED) is 0.534. The molecule has 0 bridgehead atoms. The Hall–Kier alpha value is -4.26. The van der Waals surface area contributed by atoms with Gasteiger partial charge in [-0.25, -0.2) is 4.39 Å². The molecule has 2 aliphatic rings. The Morgan fingerprint density at radius 2 is 1.97 bits per heavy atom. The SMILES string of the molecule is CN1C(=O)C(NC(=O)c2cc(Oc3ccc(F)cc3)ccn2)CCc2ccc(C#CC3(O)COC3)cc21. The summed E-state index contributed by atoms with van der Waals surface area (Å²) in [4.78, 5) is 31.8. The number of hydrogen-bond acceptors (Lipinski definition) is 6. The molecule has 8 nitrogen and oxygen atoms in total. The van der Waals surface area contributed by atoms with Crippen molar-refractivity contribution >= 4 is 17.5 Å². The van der Waals surface area contributed by atoms with E-state index in [1.54, 1.807) is 13.1 Å². The van der Waals surface area contributed by atoms with Gasteiger partial charge < -0.3 is 24.8 Å². The van der Waals surface area contributed by atoms with E-state index < -0.39 is 17.6 Å². The zero-order valence-corrected chi connectivity index (χ0v) is 20.0. The highest BCUT2D eigenvalue weighted by atomic mass is 19.1. The van der Waals surface area contributed by atoms with Crippen LogP contribution in [0.5, 0.6) is 11.5 Å². The highest BCUT2D eigenvalue weighted by Gasteiger charge is 2.34. The van der Waals surface area contributed by atoms with Gasteiger partial charge in [0.25, 0.3) is 5.91 Å². The number of aryl methyl sites for hydroxylation is 1. The second-order valence-corrected chi connectivity index (χ2v) is 9.01. The first-order valence-electron chi connectivity index (χ1n) is 11.7. The average Bonchev–Trinajstić information content (AvgIpc) is 3.00. The first-order chi connectivity index (χ1) is 17.8. The van der Waals surface area contributed by atoms with Crippen LogP contribution in [0, 0.1) is 17.7 Å². The summed E-state index contributed by atoms with van der Waals surface area (Å²) in [6, 6.07) is 13.4. The molecule has 1 saturated heterocycles. The number of ether oxygens (including phenoxy) is 2. The van der Waals surface area contributed by atoms with Crippen molar-refractivity contribution in [1.29, 1.82) is 0 Å². The summed E-state index contributed by atoms with van der Waals surface area (Å²) in [5.74, 6) is 5.40. The highest BCUT2D eigenvalue weighted by Crippen LogP contribution is 2.28. The number of nitrogens with one attached hydrogen (secondary N) is 1. The van der Waals surface area contributed by atoms with Crippen molar-refractivity contribution in [2.45, 2.75) is 24.5 Å². The molecule has 0 spiro atoms. The van der Waals surface area contributed by atoms with E-state index in [0.29, 0.717) is 35.6 Å². The minimum atomic E-state index is -1.13. The van der Waals surface area contributed by atoms with Crippen LogP contribution in [-0.4, -0.2) is 53.8 Å². The monoisotopic (exact) mass is 501 g/mol. The van der Waals surface area contributed by atoms with Gasteiger partial charge in [-0.05, 0) is 60.9 Å². The number of carbonyl (C=O) groups excluding carboxylic acids is 2. The molecule has 2 aromatic carbocycles. The second kappa shape index (κ2) is 10.0. The van der Waals surface area contributed by atoms with Crippen LogP contribution < -0.4 is 15.0 Å². The summed E-state index contributed by atoms with van der Waals surface area (Å²) in [5, 5.41) is 12.9. The van der Waals surface area contributed by atoms with Gasteiger partial charge in [-0.15, -0.1) is 0 Å². The number of aliphatic hydroxyl groups is 1. The fourth-order valence-corrected chi connectivity index (χ4v) is 4.10. The number of fused-ring (bicyclic) bond motifs is 1. The van der Waals surface area contributed by atoms with Gasteiger partial charge in [0, 0.05) is 30.6 Å². The molecular formula is C28H24FN3O5. The molecule has 3 heterocycles. The number of benzene rings is 2. The lowest BCUT2D eigenvalue weighted by Crippen LogP contribution is -2.48. The van der Waals surface area contributed by atoms with Crippen LogP contribution in [0.15, 0.2) is 60.8 Å². The van der Waals surface area contributed by atoms with Gasteiger partial charge in [-0.2, -0.15) is 0 Å². The van der Waals surface area contributed by atoms with E-state index in [1.165, 1.54) is 41.4 Å². The number of halogens is 1. The van der Waals surface area contributed by atoms with E-state index in [0.717, 1.165) is 5.56 Å². The van der Waals surface area contributed by atoms with Crippen molar-refractivity contribution in [1.82, 2.24) is 10.3 Å². The summed E-state index contributed by atoms with van der Waals surface area (Å²) in [5.41, 5.74) is 1.30. The third-order valence-corrected chi connectivity index (χ3v) is 6.22. The number of nitrogens with zero attached hydrogens (tertiary/aromatic N) is 2. The Morgan fingerprint density at radius 3 is 2.70 bits per heavy atom. The Labute approximate surface area is 213 Å². The van der Waals surface area contributed by atoms with Crippen LogP contribution >= 0.6 is 0 Å². The molecule has 5 rings (SSSR count). The maximum Gasteiger partial charge on any atom is 0.270 e. The molecule has 2 N–H and O–H groups in total. The zero-order valence-electron chi connectivity index (χ0n) is 20.0. The topological polar surface area (TPSA) is 101 Å². The predicted molar refractivity (Wildman–Crippen MR) is 133 cm³/mol. The first kappa shape index (κ1) is 24.4. The lowest BCUT2D eigenvalue weighted by atomic mass is 10.0. The number of amides is 2. The van der Waals surface area contributed by atoms with E-state index >= 15 is 0 Å². The normalized spacial score (nSPS) is 18.0. The smallest absolute Gasteiger partial charge is 0.270 e. The van der Waals surface area contributed by atoms with Gasteiger partial charge in [-0.1, -0.05) is 17.9 Å². The molecule has 188 valence electrons. The van der Waals surface area contributed by atoms with Gasteiger partial charge in [0.05, 0.1) is 13.2 Å². The molecule has 2 aliphatic heterocycles. The van der Waals surface area contributed by atoms with Crippen molar-refractivity contribution in [3.8, 4) is 23.3 Å². The Morgan fingerprint density at radius 1 is 1.19 bits per heavy atom. The van der Waals surface area contributed by atoms with Gasteiger partial charge in [0.2, 0.25) is 5.91 Å². The van der Waals surface area contributed by atoms with Crippen LogP contribution in [-0.2, 0) is 16.0 Å². The molecule has 1 unspecified atom stereocenters. The molecule has 1 atom stereocenters. The molecule has 2 amide bonds. The zero-order chi connectivity index (χ0) is 26.0. The predicted octanol–water partition coefficient (Wildman–Crippen LogP) is 2.83. The number of rotatable bonds is 4. The lowest BCUT2D eigenvalue weighted by molar-refractivity contribution is -0.140. The van der Waals surface area contributed by atoms with Gasteiger partial charge in [0.15, 0.2) is 5.60 Å². The molecular weight excluding hydrogens is 477 g/mol. The summed E-state index contributed by atoms with van der Waals surface area (Å²) >= 11 is 0. The number of pyridine rings is 1. The molecule has 37 heavy (non-hydrogen) atoms. The summed E-state index contributed by atoms with van der Waals surface area (Å²) in [6.45, 7) is 0.363. The van der Waals surface area contributed by atoms with Crippen LogP contribution in [0.4, 0.5) is 10.1 Å². The third-order valence-electron chi connectivity index (χ3n) is 6.22. The molecule has 3 aromatic rings. The van der Waals surface area contributed by atoms with Gasteiger partial charge in [-0.3, -0.25) is 14.6 Å². The number of likely N-dealkylation sites (N-methyl/N-ethyl adjacent to an activating group) is 1. The van der Waals surface area contributed by atoms with E-state index in [9.17, 15) is 19.1 Å². The summed E-state index contributed by atoms with van der Waals surface area (Å²) in [6.07, 6.45) is 2.41. The summed E-state index contributed by atoms with van der Waals surface area (Å²) in [7, 11) is 1.66. The molecule has 0 saturated carbocycles. The number of hydrogen-bond donors (Lipinski definition) is 2. The van der Waals surface area contributed by atoms with Crippen LogP contribution in [0.2, 0.25) is 0 Å². The van der Waals surface area contributed by atoms with Crippen molar-refractivity contribution in [3.63, 3.8) is 0 Å².